The molecule has 7 nitrogen and oxygen atoms in total. The number of carbonyl (C=O) groups excluding carboxylic acids is 1. The molecular weight excluding hydrogens is 348 g/mol. The molecule has 4 aromatic rings. The van der Waals surface area contributed by atoms with E-state index in [0.717, 1.165) is 5.56 Å². The summed E-state index contributed by atoms with van der Waals surface area (Å²) >= 11 is 0. The summed E-state index contributed by atoms with van der Waals surface area (Å²) in [7, 11) is 1.59. The second-order valence-electron chi connectivity index (χ2n) is 5.91. The number of nitrogens with zero attached hydrogens (tertiary/aromatic N) is 2. The van der Waals surface area contributed by atoms with E-state index in [4.69, 9.17) is 18.4 Å². The lowest BCUT2D eigenvalue weighted by Gasteiger charge is -2.08. The Balaban J connectivity index is 1.67. The fourth-order valence-corrected chi connectivity index (χ4v) is 2.80. The van der Waals surface area contributed by atoms with Crippen molar-refractivity contribution in [2.45, 2.75) is 13.5 Å². The van der Waals surface area contributed by atoms with Crippen molar-refractivity contribution in [2.24, 2.45) is 0 Å². The van der Waals surface area contributed by atoms with Gasteiger partial charge in [-0.15, -0.1) is 0 Å². The van der Waals surface area contributed by atoms with Crippen molar-refractivity contribution in [3.05, 3.63) is 65.5 Å². The molecular formula is C20H16N2O5. The number of benzene rings is 1. The number of ether oxygens (including phenoxy) is 2. The quantitative estimate of drug-likeness (QED) is 0.491. The van der Waals surface area contributed by atoms with Gasteiger partial charge >= 0.3 is 5.97 Å². The average Bonchev–Trinajstić information content (AvgIpc) is 3.36. The fraction of sp³-hybridized carbons (Fsp3) is 0.150. The van der Waals surface area contributed by atoms with E-state index in [1.165, 1.54) is 6.26 Å². The number of fused-ring (bicyclic) bond motifs is 1. The SMILES string of the molecule is COc1cccc(COC(=O)c2cc(-c3ccco3)nc3onc(C)c23)c1. The molecule has 0 aliphatic rings. The minimum Gasteiger partial charge on any atom is -0.497 e. The maximum Gasteiger partial charge on any atom is 0.339 e. The van der Waals surface area contributed by atoms with Crippen molar-refractivity contribution in [1.82, 2.24) is 10.1 Å². The van der Waals surface area contributed by atoms with Crippen molar-refractivity contribution in [3.63, 3.8) is 0 Å². The maximum absolute atomic E-state index is 12.8. The summed E-state index contributed by atoms with van der Waals surface area (Å²) in [6.45, 7) is 1.86. The largest absolute Gasteiger partial charge is 0.497 e. The first-order chi connectivity index (χ1) is 13.2. The molecule has 136 valence electrons. The highest BCUT2D eigenvalue weighted by Gasteiger charge is 2.21. The minimum absolute atomic E-state index is 0.111. The van der Waals surface area contributed by atoms with Crippen LogP contribution >= 0.6 is 0 Å². The summed E-state index contributed by atoms with van der Waals surface area (Å²) < 4.78 is 21.3. The van der Waals surface area contributed by atoms with Crippen LogP contribution in [-0.2, 0) is 11.3 Å². The number of esters is 1. The predicted molar refractivity (Wildman–Crippen MR) is 96.4 cm³/mol. The number of hydrogen-bond acceptors (Lipinski definition) is 7. The number of hydrogen-bond donors (Lipinski definition) is 0. The summed E-state index contributed by atoms with van der Waals surface area (Å²) in [6.07, 6.45) is 1.54. The zero-order chi connectivity index (χ0) is 18.8. The maximum atomic E-state index is 12.8. The topological polar surface area (TPSA) is 87.6 Å². The number of aromatic nitrogens is 2. The monoisotopic (exact) mass is 364 g/mol. The first kappa shape index (κ1) is 16.8. The average molecular weight is 364 g/mol. The van der Waals surface area contributed by atoms with Crippen LogP contribution in [0.1, 0.15) is 21.6 Å². The molecule has 0 saturated carbocycles. The third kappa shape index (κ3) is 3.27. The second kappa shape index (κ2) is 6.95. The molecule has 0 N–H and O–H groups in total. The third-order valence-electron chi connectivity index (χ3n) is 4.11. The fourth-order valence-electron chi connectivity index (χ4n) is 2.80. The van der Waals surface area contributed by atoms with Gasteiger partial charge in [0.2, 0.25) is 0 Å². The molecule has 3 aromatic heterocycles. The molecule has 1 aromatic carbocycles. The lowest BCUT2D eigenvalue weighted by Crippen LogP contribution is -2.07. The molecule has 0 fully saturated rings. The smallest absolute Gasteiger partial charge is 0.339 e. The molecule has 0 amide bonds. The Morgan fingerprint density at radius 1 is 1.19 bits per heavy atom. The van der Waals surface area contributed by atoms with Crippen molar-refractivity contribution in [3.8, 4) is 17.2 Å². The predicted octanol–water partition coefficient (Wildman–Crippen LogP) is 4.16. The standard InChI is InChI=1S/C20H16N2O5/c1-12-18-15(20(23)26-11-13-5-3-6-14(9-13)24-2)10-16(17-7-4-8-25-17)21-19(18)27-22-12/h3-10H,11H2,1-2H3. The molecule has 4 rings (SSSR count). The van der Waals surface area contributed by atoms with Gasteiger partial charge in [-0.1, -0.05) is 17.3 Å². The van der Waals surface area contributed by atoms with Gasteiger partial charge in [0, 0.05) is 0 Å². The van der Waals surface area contributed by atoms with Crippen LogP contribution in [-0.4, -0.2) is 23.2 Å². The van der Waals surface area contributed by atoms with E-state index in [2.05, 4.69) is 10.1 Å². The molecule has 0 aliphatic heterocycles. The van der Waals surface area contributed by atoms with Crippen LogP contribution in [0.3, 0.4) is 0 Å². The number of furan rings is 1. The highest BCUT2D eigenvalue weighted by molar-refractivity contribution is 6.04. The van der Waals surface area contributed by atoms with Crippen LogP contribution in [0, 0.1) is 6.92 Å². The first-order valence-corrected chi connectivity index (χ1v) is 8.26. The van der Waals surface area contributed by atoms with Gasteiger partial charge < -0.3 is 18.4 Å². The van der Waals surface area contributed by atoms with E-state index in [1.54, 1.807) is 32.2 Å². The highest BCUT2D eigenvalue weighted by atomic mass is 16.5. The Hall–Kier alpha value is -3.61. The third-order valence-corrected chi connectivity index (χ3v) is 4.11. The summed E-state index contributed by atoms with van der Waals surface area (Å²) in [6, 6.07) is 12.5. The van der Waals surface area contributed by atoms with E-state index >= 15 is 0 Å². The first-order valence-electron chi connectivity index (χ1n) is 8.26. The number of carbonyl (C=O) groups is 1. The Bertz CT molecular complexity index is 1100. The van der Waals surface area contributed by atoms with Gasteiger partial charge in [-0.05, 0) is 42.8 Å². The van der Waals surface area contributed by atoms with Crippen LogP contribution in [0.25, 0.3) is 22.6 Å². The summed E-state index contributed by atoms with van der Waals surface area (Å²) in [5, 5.41) is 4.44. The molecule has 0 unspecified atom stereocenters. The highest BCUT2D eigenvalue weighted by Crippen LogP contribution is 2.28. The molecule has 0 bridgehead atoms. The van der Waals surface area contributed by atoms with Crippen LogP contribution < -0.4 is 4.74 Å². The van der Waals surface area contributed by atoms with Crippen molar-refractivity contribution in [2.75, 3.05) is 7.11 Å². The van der Waals surface area contributed by atoms with Crippen molar-refractivity contribution in [1.29, 1.82) is 0 Å². The molecule has 27 heavy (non-hydrogen) atoms. The van der Waals surface area contributed by atoms with Gasteiger partial charge in [0.05, 0.1) is 30.0 Å². The van der Waals surface area contributed by atoms with Gasteiger partial charge in [-0.25, -0.2) is 9.78 Å². The number of pyridine rings is 1. The zero-order valence-corrected chi connectivity index (χ0v) is 14.8. The normalized spacial score (nSPS) is 10.9. The number of methoxy groups -OCH3 is 1. The van der Waals surface area contributed by atoms with E-state index < -0.39 is 5.97 Å². The number of aryl methyl sites for hydroxylation is 1. The summed E-state index contributed by atoms with van der Waals surface area (Å²) in [5.74, 6) is 0.724. The molecule has 0 radical (unpaired) electrons. The van der Waals surface area contributed by atoms with E-state index in [1.807, 2.05) is 24.3 Å². The second-order valence-corrected chi connectivity index (χ2v) is 5.91. The molecule has 0 atom stereocenters. The van der Waals surface area contributed by atoms with Crippen molar-refractivity contribution < 1.29 is 23.2 Å². The van der Waals surface area contributed by atoms with Crippen LogP contribution in [0.5, 0.6) is 5.75 Å². The van der Waals surface area contributed by atoms with E-state index in [-0.39, 0.29) is 12.3 Å². The Morgan fingerprint density at radius 2 is 2.07 bits per heavy atom. The van der Waals surface area contributed by atoms with Gasteiger partial charge in [0.1, 0.15) is 18.1 Å². The summed E-state index contributed by atoms with van der Waals surface area (Å²) in [4.78, 5) is 17.2. The summed E-state index contributed by atoms with van der Waals surface area (Å²) in [5.41, 5.74) is 2.44. The van der Waals surface area contributed by atoms with Gasteiger partial charge in [0.15, 0.2) is 5.76 Å². The van der Waals surface area contributed by atoms with E-state index in [0.29, 0.717) is 33.8 Å². The minimum atomic E-state index is -0.496. The van der Waals surface area contributed by atoms with Crippen LogP contribution in [0.2, 0.25) is 0 Å². The Kier molecular flexibility index (Phi) is 4.33. The van der Waals surface area contributed by atoms with Crippen LogP contribution in [0.4, 0.5) is 0 Å². The Labute approximate surface area is 154 Å². The molecule has 0 spiro atoms. The zero-order valence-electron chi connectivity index (χ0n) is 14.8. The lowest BCUT2D eigenvalue weighted by atomic mass is 10.1. The number of rotatable bonds is 5. The lowest BCUT2D eigenvalue weighted by molar-refractivity contribution is 0.0474. The van der Waals surface area contributed by atoms with Crippen molar-refractivity contribution >= 4 is 17.1 Å². The van der Waals surface area contributed by atoms with E-state index in [9.17, 15) is 4.79 Å². The van der Waals surface area contributed by atoms with Gasteiger partial charge in [-0.2, -0.15) is 0 Å². The Morgan fingerprint density at radius 3 is 2.85 bits per heavy atom. The van der Waals surface area contributed by atoms with Crippen LogP contribution in [0.15, 0.2) is 57.7 Å². The van der Waals surface area contributed by atoms with Gasteiger partial charge in [-0.3, -0.25) is 0 Å². The molecule has 0 aliphatic carbocycles. The molecule has 0 saturated heterocycles. The molecule has 7 heteroatoms. The van der Waals surface area contributed by atoms with Gasteiger partial charge in [0.25, 0.3) is 5.71 Å². The molecule has 3 heterocycles.